The fourth-order valence-corrected chi connectivity index (χ4v) is 3.33. The summed E-state index contributed by atoms with van der Waals surface area (Å²) in [5, 5.41) is 4.55. The van der Waals surface area contributed by atoms with Crippen molar-refractivity contribution in [1.29, 1.82) is 0 Å². The van der Waals surface area contributed by atoms with E-state index in [2.05, 4.69) is 10.1 Å². The van der Waals surface area contributed by atoms with E-state index in [0.29, 0.717) is 33.7 Å². The Balaban J connectivity index is 1.30. The molecule has 0 spiro atoms. The quantitative estimate of drug-likeness (QED) is 0.258. The van der Waals surface area contributed by atoms with Crippen molar-refractivity contribution in [2.24, 2.45) is 0 Å². The van der Waals surface area contributed by atoms with E-state index < -0.39 is 5.97 Å². The molecule has 4 aromatic rings. The molecule has 1 aromatic heterocycles. The van der Waals surface area contributed by atoms with Crippen LogP contribution in [0.3, 0.4) is 0 Å². The minimum Gasteiger partial charge on any atom is -0.427 e. The van der Waals surface area contributed by atoms with Crippen LogP contribution in [0, 0.1) is 6.92 Å². The zero-order chi connectivity index (χ0) is 24.1. The van der Waals surface area contributed by atoms with Crippen molar-refractivity contribution in [2.75, 3.05) is 11.9 Å². The maximum Gasteiger partial charge on any atom is 0.311 e. The molecule has 172 valence electrons. The Bertz CT molecular complexity index is 1280. The Morgan fingerprint density at radius 3 is 2.32 bits per heavy atom. The number of esters is 1. The van der Waals surface area contributed by atoms with Gasteiger partial charge in [0.15, 0.2) is 0 Å². The highest BCUT2D eigenvalue weighted by Crippen LogP contribution is 2.22. The number of anilines is 1. The third-order valence-corrected chi connectivity index (χ3v) is 5.42. The van der Waals surface area contributed by atoms with Gasteiger partial charge in [-0.3, -0.25) is 9.59 Å². The first-order valence-electron chi connectivity index (χ1n) is 10.6. The van der Waals surface area contributed by atoms with Gasteiger partial charge in [-0.15, -0.1) is 0 Å². The molecule has 0 atom stereocenters. The SMILES string of the molecule is Cc1ccc(C(=O)N(C)c2ccc(OC(=O)CCc3nc(-c4ccc(Cl)cc4)no3)cc2)cc1. The minimum atomic E-state index is -0.428. The summed E-state index contributed by atoms with van der Waals surface area (Å²) < 4.78 is 10.6. The molecule has 7 nitrogen and oxygen atoms in total. The largest absolute Gasteiger partial charge is 0.427 e. The molecule has 1 amide bonds. The van der Waals surface area contributed by atoms with Crippen molar-refractivity contribution in [1.82, 2.24) is 10.1 Å². The highest BCUT2D eigenvalue weighted by Gasteiger charge is 2.15. The molecule has 0 saturated heterocycles. The second-order valence-corrected chi connectivity index (χ2v) is 8.15. The van der Waals surface area contributed by atoms with Crippen molar-refractivity contribution >= 4 is 29.2 Å². The molecular weight excluding hydrogens is 454 g/mol. The van der Waals surface area contributed by atoms with Gasteiger partial charge in [-0.25, -0.2) is 0 Å². The maximum absolute atomic E-state index is 12.7. The number of rotatable bonds is 7. The smallest absolute Gasteiger partial charge is 0.311 e. The van der Waals surface area contributed by atoms with E-state index in [1.807, 2.05) is 19.1 Å². The predicted octanol–water partition coefficient (Wildman–Crippen LogP) is 5.51. The molecule has 0 aliphatic carbocycles. The number of hydrogen-bond acceptors (Lipinski definition) is 6. The van der Waals surface area contributed by atoms with E-state index in [0.717, 1.165) is 11.1 Å². The number of carbonyl (C=O) groups excluding carboxylic acids is 2. The first-order chi connectivity index (χ1) is 16.4. The van der Waals surface area contributed by atoms with Crippen LogP contribution in [0.1, 0.15) is 28.2 Å². The summed E-state index contributed by atoms with van der Waals surface area (Å²) in [6.45, 7) is 1.97. The van der Waals surface area contributed by atoms with Crippen molar-refractivity contribution in [3.63, 3.8) is 0 Å². The van der Waals surface area contributed by atoms with Crippen LogP contribution in [0.25, 0.3) is 11.4 Å². The zero-order valence-corrected chi connectivity index (χ0v) is 19.5. The van der Waals surface area contributed by atoms with Crippen LogP contribution in [0.5, 0.6) is 5.75 Å². The van der Waals surface area contributed by atoms with E-state index in [-0.39, 0.29) is 18.7 Å². The normalized spacial score (nSPS) is 10.7. The monoisotopic (exact) mass is 475 g/mol. The first-order valence-corrected chi connectivity index (χ1v) is 11.0. The van der Waals surface area contributed by atoms with Crippen LogP contribution in [-0.4, -0.2) is 29.1 Å². The van der Waals surface area contributed by atoms with Crippen molar-refractivity contribution < 1.29 is 18.8 Å². The van der Waals surface area contributed by atoms with Crippen LogP contribution in [0.4, 0.5) is 5.69 Å². The summed E-state index contributed by atoms with van der Waals surface area (Å²) >= 11 is 5.89. The summed E-state index contributed by atoms with van der Waals surface area (Å²) in [6, 6.07) is 21.2. The molecule has 0 aliphatic heterocycles. The van der Waals surface area contributed by atoms with Crippen molar-refractivity contribution in [3.05, 3.63) is 94.8 Å². The molecule has 8 heteroatoms. The van der Waals surface area contributed by atoms with Crippen LogP contribution in [-0.2, 0) is 11.2 Å². The molecule has 0 N–H and O–H groups in total. The van der Waals surface area contributed by atoms with Crippen LogP contribution in [0.2, 0.25) is 5.02 Å². The van der Waals surface area contributed by atoms with Crippen molar-refractivity contribution in [3.8, 4) is 17.1 Å². The zero-order valence-electron chi connectivity index (χ0n) is 18.7. The maximum atomic E-state index is 12.7. The second-order valence-electron chi connectivity index (χ2n) is 7.72. The number of ether oxygens (including phenoxy) is 1. The third kappa shape index (κ3) is 5.68. The van der Waals surface area contributed by atoms with E-state index in [4.69, 9.17) is 20.9 Å². The van der Waals surface area contributed by atoms with Gasteiger partial charge < -0.3 is 14.2 Å². The lowest BCUT2D eigenvalue weighted by atomic mass is 10.1. The van der Waals surface area contributed by atoms with E-state index in [1.54, 1.807) is 72.6 Å². The fourth-order valence-electron chi connectivity index (χ4n) is 3.21. The topological polar surface area (TPSA) is 85.5 Å². The third-order valence-electron chi connectivity index (χ3n) is 5.17. The molecule has 3 aromatic carbocycles. The Morgan fingerprint density at radius 1 is 0.971 bits per heavy atom. The molecule has 0 fully saturated rings. The summed E-state index contributed by atoms with van der Waals surface area (Å²) in [4.78, 5) is 30.8. The van der Waals surface area contributed by atoms with Gasteiger partial charge >= 0.3 is 5.97 Å². The van der Waals surface area contributed by atoms with Gasteiger partial charge in [0.2, 0.25) is 11.7 Å². The standard InChI is InChI=1S/C26H22ClN3O4/c1-17-3-5-19(6-4-17)26(32)30(2)21-11-13-22(14-12-21)33-24(31)16-15-23-28-25(29-34-23)18-7-9-20(27)10-8-18/h3-14H,15-16H2,1-2H3. The molecule has 34 heavy (non-hydrogen) atoms. The average molecular weight is 476 g/mol. The van der Waals surface area contributed by atoms with Gasteiger partial charge in [-0.05, 0) is 67.6 Å². The summed E-state index contributed by atoms with van der Waals surface area (Å²) in [6.07, 6.45) is 0.334. The highest BCUT2D eigenvalue weighted by molar-refractivity contribution is 6.30. The lowest BCUT2D eigenvalue weighted by Crippen LogP contribution is -2.26. The average Bonchev–Trinajstić information content (AvgIpc) is 3.32. The molecular formula is C26H22ClN3O4. The number of amides is 1. The van der Waals surface area contributed by atoms with E-state index in [9.17, 15) is 9.59 Å². The van der Waals surface area contributed by atoms with Gasteiger partial charge in [0.05, 0.1) is 6.42 Å². The lowest BCUT2D eigenvalue weighted by molar-refractivity contribution is -0.134. The Morgan fingerprint density at radius 2 is 1.65 bits per heavy atom. The summed E-state index contributed by atoms with van der Waals surface area (Å²) in [5.41, 5.74) is 3.15. The van der Waals surface area contributed by atoms with Crippen LogP contribution in [0.15, 0.2) is 77.3 Å². The number of benzene rings is 3. The van der Waals surface area contributed by atoms with Gasteiger partial charge in [0, 0.05) is 35.3 Å². The number of halogens is 1. The van der Waals surface area contributed by atoms with Crippen LogP contribution >= 0.6 is 11.6 Å². The molecule has 0 saturated carbocycles. The Kier molecular flexibility index (Phi) is 7.04. The second kappa shape index (κ2) is 10.3. The Labute approximate surface area is 201 Å². The van der Waals surface area contributed by atoms with Crippen molar-refractivity contribution in [2.45, 2.75) is 19.8 Å². The molecule has 0 aliphatic rings. The van der Waals surface area contributed by atoms with E-state index >= 15 is 0 Å². The lowest BCUT2D eigenvalue weighted by Gasteiger charge is -2.18. The summed E-state index contributed by atoms with van der Waals surface area (Å²) in [5.74, 6) is 0.607. The van der Waals surface area contributed by atoms with Gasteiger partial charge in [0.1, 0.15) is 5.75 Å². The van der Waals surface area contributed by atoms with Gasteiger partial charge in [0.25, 0.3) is 5.91 Å². The Hall–Kier alpha value is -3.97. The highest BCUT2D eigenvalue weighted by atomic mass is 35.5. The van der Waals surface area contributed by atoms with Gasteiger partial charge in [-0.2, -0.15) is 4.98 Å². The number of aryl methyl sites for hydroxylation is 2. The van der Waals surface area contributed by atoms with Gasteiger partial charge in [-0.1, -0.05) is 34.5 Å². The van der Waals surface area contributed by atoms with Crippen LogP contribution < -0.4 is 9.64 Å². The van der Waals surface area contributed by atoms with E-state index in [1.165, 1.54) is 0 Å². The molecule has 0 radical (unpaired) electrons. The molecule has 0 unspecified atom stereocenters. The molecule has 0 bridgehead atoms. The summed E-state index contributed by atoms with van der Waals surface area (Å²) in [7, 11) is 1.70. The number of hydrogen-bond donors (Lipinski definition) is 0. The minimum absolute atomic E-state index is 0.0792. The number of nitrogens with zero attached hydrogens (tertiary/aromatic N) is 3. The molecule has 4 rings (SSSR count). The fraction of sp³-hybridized carbons (Fsp3) is 0.154. The number of carbonyl (C=O) groups is 2. The first kappa shape index (κ1) is 23.2. The predicted molar refractivity (Wildman–Crippen MR) is 129 cm³/mol. The molecule has 1 heterocycles. The number of aromatic nitrogens is 2.